The lowest BCUT2D eigenvalue weighted by Crippen LogP contribution is -2.39. The average molecular weight is 677 g/mol. The Morgan fingerprint density at radius 1 is 0.920 bits per heavy atom. The third-order valence-electron chi connectivity index (χ3n) is 9.06. The van der Waals surface area contributed by atoms with Crippen molar-refractivity contribution in [2.24, 2.45) is 0 Å². The summed E-state index contributed by atoms with van der Waals surface area (Å²) in [4.78, 5) is 29.4. The topological polar surface area (TPSA) is 136 Å². The third-order valence-corrected chi connectivity index (χ3v) is 9.06. The number of aromatic hydroxyl groups is 1. The molecule has 1 unspecified atom stereocenters. The van der Waals surface area contributed by atoms with Gasteiger partial charge in [-0.25, -0.2) is 4.79 Å². The highest BCUT2D eigenvalue weighted by Crippen LogP contribution is 2.29. The number of para-hydroxylation sites is 1. The molecule has 10 nitrogen and oxygen atoms in total. The maximum atomic E-state index is 12.7. The van der Waals surface area contributed by atoms with Gasteiger partial charge < -0.3 is 34.9 Å². The quantitative estimate of drug-likeness (QED) is 0.0872. The molecule has 0 aliphatic carbocycles. The van der Waals surface area contributed by atoms with Crippen LogP contribution in [0.3, 0.4) is 0 Å². The molecular weight excluding hydrogens is 632 g/mol. The van der Waals surface area contributed by atoms with Gasteiger partial charge in [0.2, 0.25) is 5.56 Å². The van der Waals surface area contributed by atoms with E-state index in [0.717, 1.165) is 73.4 Å². The summed E-state index contributed by atoms with van der Waals surface area (Å²) in [5.74, 6) is 0.808. The molecule has 1 aliphatic heterocycles. The number of amides is 1. The van der Waals surface area contributed by atoms with Gasteiger partial charge in [0.15, 0.2) is 0 Å². The summed E-state index contributed by atoms with van der Waals surface area (Å²) < 4.78 is 11.8. The van der Waals surface area contributed by atoms with Crippen molar-refractivity contribution in [2.75, 3.05) is 44.6 Å². The Morgan fingerprint density at radius 3 is 2.48 bits per heavy atom. The largest absolute Gasteiger partial charge is 0.506 e. The standard InChI is InChI=1S/C40H44N4O6/c45-36-17-15-33(34-16-18-38(47)43-39(34)36)37(46)27-41-22-19-28-11-13-30(14-12-28)49-26-6-23-44-24-20-31(21-25-44)50-40(48)42-35-10-5-4-9-32(35)29-7-2-1-3-8-29/h1-5,7-18,31,37,41,45-46H,6,19-27H2,(H,42,48)(H,43,47). The lowest BCUT2D eigenvalue weighted by atomic mass is 10.0. The Bertz CT molecular complexity index is 1910. The first-order valence-electron chi connectivity index (χ1n) is 17.2. The number of carbonyl (C=O) groups excluding carboxylic acids is 1. The van der Waals surface area contributed by atoms with E-state index < -0.39 is 12.2 Å². The number of aliphatic hydroxyl groups excluding tert-OH is 1. The lowest BCUT2D eigenvalue weighted by Gasteiger charge is -2.31. The molecule has 260 valence electrons. The van der Waals surface area contributed by atoms with E-state index in [-0.39, 0.29) is 17.4 Å². The van der Waals surface area contributed by atoms with Crippen LogP contribution in [0.1, 0.15) is 36.5 Å². The molecule has 10 heteroatoms. The van der Waals surface area contributed by atoms with Crippen LogP contribution in [0.15, 0.2) is 108 Å². The van der Waals surface area contributed by atoms with E-state index in [1.807, 2.05) is 66.7 Å². The highest BCUT2D eigenvalue weighted by atomic mass is 16.6. The van der Waals surface area contributed by atoms with Crippen molar-refractivity contribution < 1.29 is 24.5 Å². The molecule has 2 heterocycles. The summed E-state index contributed by atoms with van der Waals surface area (Å²) in [6.45, 7) is 4.33. The zero-order chi connectivity index (χ0) is 34.7. The number of H-pyrrole nitrogens is 1. The first-order chi connectivity index (χ1) is 24.4. The molecule has 1 aliphatic rings. The van der Waals surface area contributed by atoms with Gasteiger partial charge in [-0.1, -0.05) is 66.7 Å². The van der Waals surface area contributed by atoms with Gasteiger partial charge in [0.25, 0.3) is 0 Å². The minimum absolute atomic E-state index is 0.0263. The molecule has 1 saturated heterocycles. The van der Waals surface area contributed by atoms with Gasteiger partial charge in [0.05, 0.1) is 23.9 Å². The number of hydrogen-bond acceptors (Lipinski definition) is 8. The Morgan fingerprint density at radius 2 is 1.68 bits per heavy atom. The molecule has 1 atom stereocenters. The predicted octanol–water partition coefficient (Wildman–Crippen LogP) is 6.25. The second kappa shape index (κ2) is 17.0. The van der Waals surface area contributed by atoms with Crippen molar-refractivity contribution in [3.63, 3.8) is 0 Å². The van der Waals surface area contributed by atoms with Gasteiger partial charge in [-0.2, -0.15) is 0 Å². The molecular formula is C40H44N4O6. The number of phenols is 1. The number of pyridine rings is 1. The molecule has 0 spiro atoms. The number of carbonyl (C=O) groups is 1. The van der Waals surface area contributed by atoms with E-state index in [9.17, 15) is 19.8 Å². The van der Waals surface area contributed by atoms with Crippen molar-refractivity contribution in [3.8, 4) is 22.6 Å². The van der Waals surface area contributed by atoms with Crippen molar-refractivity contribution in [1.82, 2.24) is 15.2 Å². The number of hydrogen-bond donors (Lipinski definition) is 5. The fraction of sp³-hybridized carbons (Fsp3) is 0.300. The van der Waals surface area contributed by atoms with Crippen LogP contribution in [0.5, 0.6) is 11.5 Å². The number of phenolic OH excluding ortho intramolecular Hbond substituents is 1. The fourth-order valence-electron chi connectivity index (χ4n) is 6.36. The molecule has 1 amide bonds. The first kappa shape index (κ1) is 34.7. The number of nitrogens with zero attached hydrogens (tertiary/aromatic N) is 1. The van der Waals surface area contributed by atoms with Crippen LogP contribution < -0.4 is 20.9 Å². The summed E-state index contributed by atoms with van der Waals surface area (Å²) in [5.41, 5.74) is 4.56. The lowest BCUT2D eigenvalue weighted by molar-refractivity contribution is 0.0575. The van der Waals surface area contributed by atoms with Crippen LogP contribution >= 0.6 is 0 Å². The first-order valence-corrected chi connectivity index (χ1v) is 17.2. The smallest absolute Gasteiger partial charge is 0.411 e. The van der Waals surface area contributed by atoms with Gasteiger partial charge >= 0.3 is 6.09 Å². The minimum atomic E-state index is -0.792. The van der Waals surface area contributed by atoms with Crippen molar-refractivity contribution >= 4 is 22.7 Å². The summed E-state index contributed by atoms with van der Waals surface area (Å²) in [5, 5.41) is 27.7. The Kier molecular flexibility index (Phi) is 11.8. The Labute approximate surface area is 291 Å². The zero-order valence-electron chi connectivity index (χ0n) is 28.0. The van der Waals surface area contributed by atoms with Gasteiger partial charge in [0, 0.05) is 43.2 Å². The van der Waals surface area contributed by atoms with Crippen LogP contribution in [-0.4, -0.2) is 71.6 Å². The van der Waals surface area contributed by atoms with Gasteiger partial charge in [-0.05, 0) is 79.3 Å². The van der Waals surface area contributed by atoms with Gasteiger partial charge in [-0.3, -0.25) is 10.1 Å². The molecule has 1 aromatic heterocycles. The average Bonchev–Trinajstić information content (AvgIpc) is 3.14. The van der Waals surface area contributed by atoms with E-state index >= 15 is 0 Å². The number of benzene rings is 4. The number of piperidine rings is 1. The second-order valence-corrected chi connectivity index (χ2v) is 12.6. The number of rotatable bonds is 14. The molecule has 5 aromatic rings. The van der Waals surface area contributed by atoms with Crippen molar-refractivity contribution in [3.05, 3.63) is 125 Å². The number of likely N-dealkylation sites (tertiary alicyclic amines) is 1. The summed E-state index contributed by atoms with van der Waals surface area (Å²) in [6.07, 6.45) is 2.00. The van der Waals surface area contributed by atoms with Crippen molar-refractivity contribution in [1.29, 1.82) is 0 Å². The molecule has 0 radical (unpaired) electrons. The van der Waals surface area contributed by atoms with E-state index in [1.54, 1.807) is 12.1 Å². The molecule has 5 N–H and O–H groups in total. The van der Waals surface area contributed by atoms with E-state index in [0.29, 0.717) is 36.2 Å². The maximum absolute atomic E-state index is 12.7. The number of aromatic nitrogens is 1. The zero-order valence-corrected chi connectivity index (χ0v) is 28.0. The third kappa shape index (κ3) is 9.29. The van der Waals surface area contributed by atoms with Gasteiger partial charge in [0.1, 0.15) is 17.6 Å². The number of aromatic amines is 1. The van der Waals surface area contributed by atoms with E-state index in [4.69, 9.17) is 9.47 Å². The summed E-state index contributed by atoms with van der Waals surface area (Å²) in [7, 11) is 0. The fourth-order valence-corrected chi connectivity index (χ4v) is 6.36. The highest BCUT2D eigenvalue weighted by Gasteiger charge is 2.22. The monoisotopic (exact) mass is 676 g/mol. The molecule has 0 saturated carbocycles. The van der Waals surface area contributed by atoms with Gasteiger partial charge in [-0.15, -0.1) is 0 Å². The number of fused-ring (bicyclic) bond motifs is 1. The normalized spacial score (nSPS) is 14.3. The number of anilines is 1. The van der Waals surface area contributed by atoms with Crippen molar-refractivity contribution in [2.45, 2.75) is 37.9 Å². The Hall–Kier alpha value is -5.16. The van der Waals surface area contributed by atoms with Crippen LogP contribution in [-0.2, 0) is 11.2 Å². The molecule has 6 rings (SSSR count). The SMILES string of the molecule is O=C(Nc1ccccc1-c1ccccc1)OC1CCN(CCCOc2ccc(CCNCC(O)c3ccc(O)c4[nH]c(=O)ccc34)cc2)CC1. The van der Waals surface area contributed by atoms with Crippen LogP contribution in [0, 0.1) is 0 Å². The molecule has 1 fully saturated rings. The van der Waals surface area contributed by atoms with E-state index in [1.165, 1.54) is 12.1 Å². The molecule has 0 bridgehead atoms. The molecule has 50 heavy (non-hydrogen) atoms. The number of ether oxygens (including phenoxy) is 2. The van der Waals surface area contributed by atoms with E-state index in [2.05, 4.69) is 32.7 Å². The number of nitrogens with one attached hydrogen (secondary N) is 3. The van der Waals surface area contributed by atoms with Crippen LogP contribution in [0.25, 0.3) is 22.0 Å². The Balaban J connectivity index is 0.846. The number of aliphatic hydroxyl groups is 1. The predicted molar refractivity (Wildman–Crippen MR) is 196 cm³/mol. The second-order valence-electron chi connectivity index (χ2n) is 12.6. The maximum Gasteiger partial charge on any atom is 0.411 e. The summed E-state index contributed by atoms with van der Waals surface area (Å²) in [6, 6.07) is 32.0. The van der Waals surface area contributed by atoms with Crippen LogP contribution in [0.2, 0.25) is 0 Å². The summed E-state index contributed by atoms with van der Waals surface area (Å²) >= 11 is 0. The highest BCUT2D eigenvalue weighted by molar-refractivity contribution is 5.91. The van der Waals surface area contributed by atoms with Crippen LogP contribution in [0.4, 0.5) is 10.5 Å². The molecule has 4 aromatic carbocycles. The minimum Gasteiger partial charge on any atom is -0.506 e.